The number of nitrogens with zero attached hydrogens (tertiary/aromatic N) is 2. The van der Waals surface area contributed by atoms with Crippen LogP contribution in [0.1, 0.15) is 118 Å². The van der Waals surface area contributed by atoms with Gasteiger partial charge in [0.05, 0.1) is 12.1 Å². The SMILES string of the molecule is C=CCNC(=O)C(=O)C(CCCCC)NC(=O)[C@@H]1CCCN1C(=O)[C@@H](NC(=O)N[C@H](CN1CCCCC1=O)C1CCCCC1)C(C)(C)C. The zero-order valence-electron chi connectivity index (χ0n) is 29.7. The molecule has 2 aliphatic heterocycles. The van der Waals surface area contributed by atoms with Crippen molar-refractivity contribution in [3.8, 4) is 0 Å². The highest BCUT2D eigenvalue weighted by atomic mass is 16.2. The lowest BCUT2D eigenvalue weighted by atomic mass is 9.83. The fraction of sp³-hybridized carbons (Fsp3) is 0.778. The quantitative estimate of drug-likeness (QED) is 0.112. The lowest BCUT2D eigenvalue weighted by molar-refractivity contribution is -0.143. The molecule has 0 bridgehead atoms. The second-order valence-electron chi connectivity index (χ2n) is 14.8. The number of urea groups is 1. The number of piperidine rings is 1. The highest BCUT2D eigenvalue weighted by Crippen LogP contribution is 2.29. The molecule has 0 radical (unpaired) electrons. The van der Waals surface area contributed by atoms with Crippen molar-refractivity contribution >= 4 is 35.4 Å². The molecule has 12 heteroatoms. The Hall–Kier alpha value is -3.44. The standard InChI is InChI=1S/C36H60N6O6/c1-6-8-10-18-26(30(44)33(46)37-21-7-2)38-32(45)28-19-15-23-42(28)34(47)31(36(3,4)5)40-35(48)39-27(25-16-11-9-12-17-25)24-41-22-14-13-20-29(41)43/h7,25-28,31H,2,6,8-24H2,1,3-5H3,(H,37,46)(H,38,45)(H2,39,40,48)/t26?,27-,28+,31-/m1/s1. The van der Waals surface area contributed by atoms with Gasteiger partial charge in [0.1, 0.15) is 12.1 Å². The second-order valence-corrected chi connectivity index (χ2v) is 14.8. The Kier molecular flexibility index (Phi) is 15.4. The Morgan fingerprint density at radius 2 is 1.65 bits per heavy atom. The Morgan fingerprint density at radius 1 is 0.917 bits per heavy atom. The van der Waals surface area contributed by atoms with Gasteiger partial charge in [-0.1, -0.05) is 72.3 Å². The number of likely N-dealkylation sites (tertiary alicyclic amines) is 2. The summed E-state index contributed by atoms with van der Waals surface area (Å²) in [6.07, 6.45) is 12.9. The number of hydrogen-bond donors (Lipinski definition) is 4. The molecule has 0 spiro atoms. The first-order valence-corrected chi connectivity index (χ1v) is 18.3. The van der Waals surface area contributed by atoms with Crippen LogP contribution in [-0.2, 0) is 24.0 Å². The monoisotopic (exact) mass is 672 g/mol. The molecule has 1 saturated carbocycles. The number of carbonyl (C=O) groups is 6. The number of ketones is 1. The highest BCUT2D eigenvalue weighted by molar-refractivity contribution is 6.38. The van der Waals surface area contributed by atoms with Crippen LogP contribution < -0.4 is 21.3 Å². The van der Waals surface area contributed by atoms with E-state index in [9.17, 15) is 28.8 Å². The van der Waals surface area contributed by atoms with Crippen molar-refractivity contribution in [2.75, 3.05) is 26.2 Å². The molecule has 0 aromatic rings. The van der Waals surface area contributed by atoms with Gasteiger partial charge in [0, 0.05) is 32.6 Å². The average molecular weight is 673 g/mol. The third-order valence-electron chi connectivity index (χ3n) is 9.96. The molecule has 0 aromatic carbocycles. The normalized spacial score (nSPS) is 20.8. The van der Waals surface area contributed by atoms with Crippen LogP contribution >= 0.6 is 0 Å². The zero-order chi connectivity index (χ0) is 35.3. The van der Waals surface area contributed by atoms with Gasteiger partial charge in [-0.25, -0.2) is 4.79 Å². The van der Waals surface area contributed by atoms with Gasteiger partial charge in [0.15, 0.2) is 0 Å². The van der Waals surface area contributed by atoms with E-state index in [0.29, 0.717) is 51.7 Å². The van der Waals surface area contributed by atoms with Crippen molar-refractivity contribution in [1.82, 2.24) is 31.1 Å². The van der Waals surface area contributed by atoms with Gasteiger partial charge in [-0.15, -0.1) is 6.58 Å². The van der Waals surface area contributed by atoms with Gasteiger partial charge in [-0.3, -0.25) is 24.0 Å². The Morgan fingerprint density at radius 3 is 2.29 bits per heavy atom. The number of rotatable bonds is 16. The van der Waals surface area contributed by atoms with Crippen molar-refractivity contribution in [2.24, 2.45) is 11.3 Å². The Bertz CT molecular complexity index is 1150. The van der Waals surface area contributed by atoms with Crippen LogP contribution in [0, 0.1) is 11.3 Å². The molecule has 4 atom stereocenters. The second kappa shape index (κ2) is 18.9. The molecule has 48 heavy (non-hydrogen) atoms. The van der Waals surface area contributed by atoms with E-state index in [1.807, 2.05) is 32.6 Å². The minimum atomic E-state index is -1.00. The minimum Gasteiger partial charge on any atom is -0.346 e. The smallest absolute Gasteiger partial charge is 0.315 e. The molecule has 3 fully saturated rings. The zero-order valence-corrected chi connectivity index (χ0v) is 29.7. The predicted molar refractivity (Wildman–Crippen MR) is 185 cm³/mol. The maximum atomic E-state index is 14.2. The first-order valence-electron chi connectivity index (χ1n) is 18.3. The van der Waals surface area contributed by atoms with E-state index in [1.54, 1.807) is 0 Å². The van der Waals surface area contributed by atoms with Gasteiger partial charge in [-0.2, -0.15) is 0 Å². The number of unbranched alkanes of at least 4 members (excludes halogenated alkanes) is 2. The topological polar surface area (TPSA) is 157 Å². The average Bonchev–Trinajstić information content (AvgIpc) is 3.56. The Balaban J connectivity index is 1.72. The summed E-state index contributed by atoms with van der Waals surface area (Å²) in [7, 11) is 0. The van der Waals surface area contributed by atoms with E-state index < -0.39 is 47.2 Å². The van der Waals surface area contributed by atoms with Crippen molar-refractivity contribution in [3.63, 3.8) is 0 Å². The summed E-state index contributed by atoms with van der Waals surface area (Å²) >= 11 is 0. The van der Waals surface area contributed by atoms with E-state index in [2.05, 4.69) is 27.8 Å². The summed E-state index contributed by atoms with van der Waals surface area (Å²) in [5, 5.41) is 11.4. The molecule has 4 N–H and O–H groups in total. The molecule has 0 aromatic heterocycles. The summed E-state index contributed by atoms with van der Waals surface area (Å²) in [6.45, 7) is 12.8. The summed E-state index contributed by atoms with van der Waals surface area (Å²) in [4.78, 5) is 82.9. The summed E-state index contributed by atoms with van der Waals surface area (Å²) < 4.78 is 0. The largest absolute Gasteiger partial charge is 0.346 e. The van der Waals surface area contributed by atoms with Crippen LogP contribution in [0.5, 0.6) is 0 Å². The Labute approximate surface area is 286 Å². The summed E-state index contributed by atoms with van der Waals surface area (Å²) in [5.74, 6) is -1.98. The number of amides is 6. The molecule has 6 amide bonds. The molecule has 1 unspecified atom stereocenters. The van der Waals surface area contributed by atoms with Crippen molar-refractivity contribution in [3.05, 3.63) is 12.7 Å². The lowest BCUT2D eigenvalue weighted by Gasteiger charge is -2.38. The summed E-state index contributed by atoms with van der Waals surface area (Å²) in [6, 6.07) is -3.45. The van der Waals surface area contributed by atoms with E-state index in [1.165, 1.54) is 17.4 Å². The maximum Gasteiger partial charge on any atom is 0.315 e. The van der Waals surface area contributed by atoms with E-state index in [0.717, 1.165) is 51.4 Å². The first kappa shape index (κ1) is 39.0. The summed E-state index contributed by atoms with van der Waals surface area (Å²) in [5.41, 5.74) is -0.677. The minimum absolute atomic E-state index is 0.122. The molecule has 3 rings (SSSR count). The van der Waals surface area contributed by atoms with Gasteiger partial charge in [0.25, 0.3) is 5.91 Å². The lowest BCUT2D eigenvalue weighted by Crippen LogP contribution is -2.61. The molecule has 1 aliphatic carbocycles. The van der Waals surface area contributed by atoms with Crippen molar-refractivity contribution in [2.45, 2.75) is 142 Å². The molecular formula is C36H60N6O6. The number of nitrogens with one attached hydrogen (secondary N) is 4. The van der Waals surface area contributed by atoms with Crippen LogP contribution in [0.2, 0.25) is 0 Å². The van der Waals surface area contributed by atoms with Crippen LogP contribution in [0.25, 0.3) is 0 Å². The van der Waals surface area contributed by atoms with E-state index in [4.69, 9.17) is 0 Å². The molecule has 2 saturated heterocycles. The fourth-order valence-electron chi connectivity index (χ4n) is 7.15. The van der Waals surface area contributed by atoms with Crippen molar-refractivity contribution in [1.29, 1.82) is 0 Å². The molecule has 12 nitrogen and oxygen atoms in total. The number of Topliss-reactive ketones (excluding diaryl/α,β-unsaturated/α-hetero) is 1. The fourth-order valence-corrected chi connectivity index (χ4v) is 7.15. The highest BCUT2D eigenvalue weighted by Gasteiger charge is 2.43. The first-order chi connectivity index (χ1) is 22.9. The number of hydrogen-bond acceptors (Lipinski definition) is 6. The van der Waals surface area contributed by atoms with Crippen LogP contribution in [-0.4, -0.2) is 95.6 Å². The van der Waals surface area contributed by atoms with Gasteiger partial charge < -0.3 is 31.1 Å². The van der Waals surface area contributed by atoms with Crippen LogP contribution in [0.3, 0.4) is 0 Å². The van der Waals surface area contributed by atoms with Crippen molar-refractivity contribution < 1.29 is 28.8 Å². The van der Waals surface area contributed by atoms with E-state index in [-0.39, 0.29) is 30.3 Å². The van der Waals surface area contributed by atoms with E-state index >= 15 is 0 Å². The number of carbonyl (C=O) groups excluding carboxylic acids is 6. The maximum absolute atomic E-state index is 14.2. The molecule has 2 heterocycles. The molecular weight excluding hydrogens is 612 g/mol. The third-order valence-corrected chi connectivity index (χ3v) is 9.96. The molecule has 3 aliphatic rings. The van der Waals surface area contributed by atoms with Gasteiger partial charge in [0.2, 0.25) is 23.5 Å². The van der Waals surface area contributed by atoms with Gasteiger partial charge >= 0.3 is 6.03 Å². The molecule has 270 valence electrons. The predicted octanol–water partition coefficient (Wildman–Crippen LogP) is 3.59. The van der Waals surface area contributed by atoms with Crippen LogP contribution in [0.4, 0.5) is 4.79 Å². The third kappa shape index (κ3) is 11.3. The van der Waals surface area contributed by atoms with Gasteiger partial charge in [-0.05, 0) is 56.3 Å². The van der Waals surface area contributed by atoms with Crippen LogP contribution in [0.15, 0.2) is 12.7 Å².